The van der Waals surface area contributed by atoms with Crippen molar-refractivity contribution >= 4 is 22.8 Å². The number of carbonyl (C=O) groups excluding carboxylic acids is 2. The standard InChI is InChI=1S/C28H34F7N7O2/c1-14(2)42-23(37-13-38-42)25(44)41-20(15-7-9-28(34,35)10-8-15)22-39-18-6-5-16(19(29)21(18)40-22)17(11-26(3,30)31)24(43)36-12-27(4,32)33/h5-6,13-15,17,20H,7-12H2,1-4H3,(H,36,43)(H,39,40)(H,41,44). The average Bonchev–Trinajstić information content (AvgIpc) is 3.57. The van der Waals surface area contributed by atoms with Gasteiger partial charge in [0.2, 0.25) is 23.6 Å². The van der Waals surface area contributed by atoms with Crippen molar-refractivity contribution in [2.24, 2.45) is 5.92 Å². The van der Waals surface area contributed by atoms with Crippen LogP contribution in [0.15, 0.2) is 18.5 Å². The molecule has 0 spiro atoms. The SMILES string of the molecule is CC(C)n1ncnc1C(=O)NC(c1nc2c(F)c(C(CC(C)(F)F)C(=O)NCC(C)(F)F)ccc2[nH]1)C1CCC(F)(F)CC1. The Morgan fingerprint density at radius 2 is 1.77 bits per heavy atom. The monoisotopic (exact) mass is 633 g/mol. The Kier molecular flexibility index (Phi) is 9.31. The van der Waals surface area contributed by atoms with E-state index >= 15 is 4.39 Å². The first-order valence-electron chi connectivity index (χ1n) is 14.1. The minimum absolute atomic E-state index is 0.00941. The van der Waals surface area contributed by atoms with Gasteiger partial charge in [0.15, 0.2) is 5.82 Å². The van der Waals surface area contributed by atoms with Crippen LogP contribution in [0.2, 0.25) is 0 Å². The number of nitrogens with zero attached hydrogens (tertiary/aromatic N) is 4. The highest BCUT2D eigenvalue weighted by Gasteiger charge is 2.41. The van der Waals surface area contributed by atoms with Crippen molar-refractivity contribution in [1.82, 2.24) is 35.4 Å². The molecule has 44 heavy (non-hydrogen) atoms. The molecule has 0 bridgehead atoms. The van der Waals surface area contributed by atoms with Gasteiger partial charge in [-0.1, -0.05) is 6.07 Å². The largest absolute Gasteiger partial charge is 0.350 e. The maximum absolute atomic E-state index is 15.9. The van der Waals surface area contributed by atoms with Crippen molar-refractivity contribution in [3.63, 3.8) is 0 Å². The van der Waals surface area contributed by atoms with Gasteiger partial charge in [-0.05, 0) is 45.6 Å². The zero-order valence-corrected chi connectivity index (χ0v) is 24.5. The molecule has 1 fully saturated rings. The number of aromatic nitrogens is 5. The molecule has 9 nitrogen and oxygen atoms in total. The number of fused-ring (bicyclic) bond motifs is 1. The number of halogens is 7. The lowest BCUT2D eigenvalue weighted by molar-refractivity contribution is -0.126. The summed E-state index contributed by atoms with van der Waals surface area (Å²) in [6.07, 6.45) is -0.838. The summed E-state index contributed by atoms with van der Waals surface area (Å²) in [5.41, 5.74) is -0.771. The molecule has 1 aromatic carbocycles. The Hall–Kier alpha value is -3.72. The van der Waals surface area contributed by atoms with Gasteiger partial charge in [0, 0.05) is 37.8 Å². The molecule has 0 aliphatic heterocycles. The zero-order chi connectivity index (χ0) is 32.6. The smallest absolute Gasteiger partial charge is 0.289 e. The van der Waals surface area contributed by atoms with E-state index in [1.807, 2.05) is 5.32 Å². The molecule has 16 heteroatoms. The molecule has 2 atom stereocenters. The number of rotatable bonds is 11. The van der Waals surface area contributed by atoms with Gasteiger partial charge in [0.1, 0.15) is 17.7 Å². The van der Waals surface area contributed by atoms with Crippen molar-refractivity contribution in [3.8, 4) is 0 Å². The van der Waals surface area contributed by atoms with Crippen LogP contribution in [-0.2, 0) is 4.79 Å². The number of nitrogens with one attached hydrogen (secondary N) is 3. The minimum Gasteiger partial charge on any atom is -0.350 e. The Balaban J connectivity index is 1.72. The number of benzene rings is 1. The molecule has 2 unspecified atom stereocenters. The molecule has 2 heterocycles. The predicted octanol–water partition coefficient (Wildman–Crippen LogP) is 6.07. The fraction of sp³-hybridized carbons (Fsp3) is 0.607. The topological polar surface area (TPSA) is 118 Å². The van der Waals surface area contributed by atoms with Crippen LogP contribution >= 0.6 is 0 Å². The lowest BCUT2D eigenvalue weighted by atomic mass is 9.81. The number of carbonyl (C=O) groups is 2. The Bertz CT molecular complexity index is 1480. The normalized spacial score (nSPS) is 17.5. The Morgan fingerprint density at radius 3 is 2.36 bits per heavy atom. The molecule has 242 valence electrons. The molecule has 2 amide bonds. The first-order valence-corrected chi connectivity index (χ1v) is 14.1. The highest BCUT2D eigenvalue weighted by atomic mass is 19.3. The van der Waals surface area contributed by atoms with Gasteiger partial charge >= 0.3 is 0 Å². The summed E-state index contributed by atoms with van der Waals surface area (Å²) in [7, 11) is 0. The fourth-order valence-corrected chi connectivity index (χ4v) is 5.36. The molecular formula is C28H34F7N7O2. The first kappa shape index (κ1) is 33.2. The van der Waals surface area contributed by atoms with Gasteiger partial charge < -0.3 is 15.6 Å². The van der Waals surface area contributed by atoms with E-state index in [1.165, 1.54) is 17.1 Å². The summed E-state index contributed by atoms with van der Waals surface area (Å²) >= 11 is 0. The highest BCUT2D eigenvalue weighted by molar-refractivity contribution is 5.91. The van der Waals surface area contributed by atoms with Gasteiger partial charge in [-0.15, -0.1) is 0 Å². The summed E-state index contributed by atoms with van der Waals surface area (Å²) < 4.78 is 100. The van der Waals surface area contributed by atoms with Crippen LogP contribution in [0, 0.1) is 11.7 Å². The number of amides is 2. The van der Waals surface area contributed by atoms with E-state index in [0.29, 0.717) is 13.8 Å². The Labute approximate surface area is 248 Å². The van der Waals surface area contributed by atoms with Gasteiger partial charge in [0.25, 0.3) is 11.8 Å². The van der Waals surface area contributed by atoms with Crippen LogP contribution in [-0.4, -0.2) is 60.9 Å². The van der Waals surface area contributed by atoms with Gasteiger partial charge in [0.05, 0.1) is 24.0 Å². The number of hydrogen-bond donors (Lipinski definition) is 3. The van der Waals surface area contributed by atoms with Crippen molar-refractivity contribution in [2.45, 2.75) is 95.6 Å². The third kappa shape index (κ3) is 7.86. The third-order valence-electron chi connectivity index (χ3n) is 7.55. The maximum atomic E-state index is 15.9. The summed E-state index contributed by atoms with van der Waals surface area (Å²) in [6, 6.07) is 1.14. The Morgan fingerprint density at radius 1 is 1.11 bits per heavy atom. The molecule has 3 N–H and O–H groups in total. The fourth-order valence-electron chi connectivity index (χ4n) is 5.36. The number of hydrogen-bond acceptors (Lipinski definition) is 5. The average molecular weight is 634 g/mol. The highest BCUT2D eigenvalue weighted by Crippen LogP contribution is 2.42. The summed E-state index contributed by atoms with van der Waals surface area (Å²) in [5.74, 6) is -15.1. The molecule has 1 aliphatic rings. The van der Waals surface area contributed by atoms with Crippen LogP contribution in [0.4, 0.5) is 30.7 Å². The van der Waals surface area contributed by atoms with Crippen LogP contribution in [0.3, 0.4) is 0 Å². The second-order valence-electron chi connectivity index (χ2n) is 11.9. The van der Waals surface area contributed by atoms with E-state index in [9.17, 15) is 35.9 Å². The number of alkyl halides is 6. The molecule has 0 radical (unpaired) electrons. The molecule has 3 aromatic rings. The lowest BCUT2D eigenvalue weighted by Gasteiger charge is -2.33. The number of H-pyrrole nitrogens is 1. The van der Waals surface area contributed by atoms with E-state index in [-0.39, 0.29) is 41.6 Å². The molecule has 4 rings (SSSR count). The summed E-state index contributed by atoms with van der Waals surface area (Å²) in [6.45, 7) is 3.47. The maximum Gasteiger partial charge on any atom is 0.289 e. The van der Waals surface area contributed by atoms with Crippen LogP contribution in [0.25, 0.3) is 11.0 Å². The number of imidazole rings is 1. The van der Waals surface area contributed by atoms with E-state index in [4.69, 9.17) is 0 Å². The van der Waals surface area contributed by atoms with E-state index in [1.54, 1.807) is 13.8 Å². The summed E-state index contributed by atoms with van der Waals surface area (Å²) in [5, 5.41) is 8.70. The molecular weight excluding hydrogens is 599 g/mol. The van der Waals surface area contributed by atoms with E-state index < -0.39 is 84.6 Å². The van der Waals surface area contributed by atoms with Crippen molar-refractivity contribution in [3.05, 3.63) is 41.5 Å². The van der Waals surface area contributed by atoms with Crippen LogP contribution in [0.5, 0.6) is 0 Å². The first-order chi connectivity index (χ1) is 20.3. The van der Waals surface area contributed by atoms with Crippen LogP contribution in [0.1, 0.15) is 99.8 Å². The van der Waals surface area contributed by atoms with E-state index in [0.717, 1.165) is 6.07 Å². The zero-order valence-electron chi connectivity index (χ0n) is 24.5. The number of aromatic amines is 1. The summed E-state index contributed by atoms with van der Waals surface area (Å²) in [4.78, 5) is 37.2. The van der Waals surface area contributed by atoms with Crippen molar-refractivity contribution in [2.75, 3.05) is 6.54 Å². The van der Waals surface area contributed by atoms with Crippen molar-refractivity contribution in [1.29, 1.82) is 0 Å². The van der Waals surface area contributed by atoms with Gasteiger partial charge in [-0.2, -0.15) is 5.10 Å². The van der Waals surface area contributed by atoms with Crippen molar-refractivity contribution < 1.29 is 40.3 Å². The second kappa shape index (κ2) is 12.3. The van der Waals surface area contributed by atoms with Gasteiger partial charge in [-0.3, -0.25) is 9.59 Å². The quantitative estimate of drug-likeness (QED) is 0.222. The lowest BCUT2D eigenvalue weighted by Crippen LogP contribution is -2.39. The molecule has 0 saturated heterocycles. The minimum atomic E-state index is -3.45. The molecule has 1 aliphatic carbocycles. The van der Waals surface area contributed by atoms with E-state index in [2.05, 4.69) is 25.4 Å². The predicted molar refractivity (Wildman–Crippen MR) is 145 cm³/mol. The molecule has 1 saturated carbocycles. The van der Waals surface area contributed by atoms with Crippen LogP contribution < -0.4 is 10.6 Å². The second-order valence-corrected chi connectivity index (χ2v) is 11.9. The third-order valence-corrected chi connectivity index (χ3v) is 7.55. The molecule has 2 aromatic heterocycles. The van der Waals surface area contributed by atoms with Gasteiger partial charge in [-0.25, -0.2) is 45.4 Å².